The van der Waals surface area contributed by atoms with Crippen LogP contribution < -0.4 is 93.6 Å². The number of rotatable bonds is 34. The van der Waals surface area contributed by atoms with Gasteiger partial charge in [0.15, 0.2) is 29.3 Å². The zero-order valence-corrected chi connectivity index (χ0v) is 79.9. The number of aliphatic hydroxyl groups is 10. The van der Waals surface area contributed by atoms with Gasteiger partial charge in [-0.2, -0.15) is 0 Å². The lowest BCUT2D eigenvalue weighted by atomic mass is 9.95. The van der Waals surface area contributed by atoms with Crippen LogP contribution in [0.4, 0.5) is 0 Å². The second kappa shape index (κ2) is 50.1. The molecule has 0 spiro atoms. The molecule has 45 nitrogen and oxygen atoms in total. The highest BCUT2D eigenvalue weighted by atomic mass is 35.5. The maximum absolute atomic E-state index is 17.0. The van der Waals surface area contributed by atoms with E-state index in [0.717, 1.165) is 130 Å². The van der Waals surface area contributed by atoms with Crippen molar-refractivity contribution >= 4 is 76.4 Å². The summed E-state index contributed by atoms with van der Waals surface area (Å²) in [5.74, 6) is -16.6. The summed E-state index contributed by atoms with van der Waals surface area (Å²) in [5.41, 5.74) is 10.6. The number of aliphatic hydroxyl groups excluding tert-OH is 10. The Bertz CT molecular complexity index is 5680. The van der Waals surface area contributed by atoms with Crippen molar-refractivity contribution in [3.05, 3.63) is 176 Å². The summed E-state index contributed by atoms with van der Waals surface area (Å²) in [4.78, 5) is 140. The Hall–Kier alpha value is -12.2. The molecule has 13 bridgehead atoms. The van der Waals surface area contributed by atoms with Gasteiger partial charge in [0.1, 0.15) is 162 Å². The van der Waals surface area contributed by atoms with Crippen molar-refractivity contribution in [2.45, 2.75) is 225 Å². The van der Waals surface area contributed by atoms with E-state index in [1.165, 1.54) is 30.3 Å². The third kappa shape index (κ3) is 27.3. The molecule has 7 aromatic carbocycles. The molecule has 0 aliphatic carbocycles. The van der Waals surface area contributed by atoms with Gasteiger partial charge in [-0.25, -0.2) is 0 Å². The van der Waals surface area contributed by atoms with Crippen LogP contribution >= 0.6 is 23.2 Å². The molecule has 8 heterocycles. The predicted octanol–water partition coefficient (Wildman–Crippen LogP) is 0.379. The van der Waals surface area contributed by atoms with Crippen LogP contribution in [-0.2, 0) is 68.5 Å². The number of halogens is 2. The van der Waals surface area contributed by atoms with E-state index in [4.69, 9.17) is 77.3 Å². The van der Waals surface area contributed by atoms with Crippen LogP contribution in [0, 0.1) is 5.92 Å². The molecule has 9 amide bonds. The lowest BCUT2D eigenvalue weighted by Crippen LogP contribution is -2.65. The van der Waals surface area contributed by atoms with Crippen molar-refractivity contribution in [2.75, 3.05) is 59.1 Å². The summed E-state index contributed by atoms with van der Waals surface area (Å²) in [6.45, 7) is 4.64. The molecular weight excluding hydrogens is 1930 g/mol. The number of phenolic OH excluding ortho intramolecular Hbond substituents is 4. The quantitative estimate of drug-likeness (QED) is 0.0242. The van der Waals surface area contributed by atoms with Gasteiger partial charge in [0.2, 0.25) is 71.5 Å². The summed E-state index contributed by atoms with van der Waals surface area (Å²) >= 11 is 14.9. The molecule has 0 radical (unpaired) electrons. The maximum Gasteiger partial charge on any atom is 0.248 e. The Labute approximate surface area is 835 Å². The minimum absolute atomic E-state index is 0.0411. The monoisotopic (exact) mass is 2050 g/mol. The van der Waals surface area contributed by atoms with Gasteiger partial charge in [0, 0.05) is 38.4 Å². The average Bonchev–Trinajstić information content (AvgIpc) is 0.752. The van der Waals surface area contributed by atoms with Gasteiger partial charge in [-0.05, 0) is 188 Å². The SMILES string of the molecule is CC(=O)NC1C(OC2c3ccc(c(Cl)c3)Oc3cc4cc(c3OC3OC(CO)C(O)C(O)C3NC(=O)CCCCCCC(C)C)Oc3ccc(cc3Cl)CC3NC(=O)C(N)c5ccc(O)c(c5)Oc5cc(O)cc(c5)C(NC3=O)C(=O)NC4C(=O)NC(c3ccc(O)cc3)C(=O)NC2C(=O)NC(C(=O)NCCCNCCCNCCCN)c2cc(O)cc(OC3OC(CO)C(O)C(O)C3O)c2)OC(CO)C(O)C1O. The van der Waals surface area contributed by atoms with Crippen LogP contribution in [0.15, 0.2) is 127 Å². The van der Waals surface area contributed by atoms with Crippen molar-refractivity contribution in [2.24, 2.45) is 17.4 Å². The summed E-state index contributed by atoms with van der Waals surface area (Å²) < 4.78 is 57.7. The number of aromatic hydroxyl groups is 4. The molecule has 144 heavy (non-hydrogen) atoms. The van der Waals surface area contributed by atoms with Crippen molar-refractivity contribution in [3.63, 3.8) is 0 Å². The third-order valence-corrected chi connectivity index (χ3v) is 25.5. The molecule has 0 saturated carbocycles. The van der Waals surface area contributed by atoms with E-state index in [0.29, 0.717) is 57.9 Å². The van der Waals surface area contributed by atoms with Gasteiger partial charge in [-0.3, -0.25) is 43.2 Å². The van der Waals surface area contributed by atoms with E-state index in [1.807, 2.05) is 0 Å². The molecule has 780 valence electrons. The first-order chi connectivity index (χ1) is 68.9. The molecule has 23 atom stereocenters. The van der Waals surface area contributed by atoms with Crippen LogP contribution in [0.25, 0.3) is 0 Å². The van der Waals surface area contributed by atoms with E-state index >= 15 is 28.8 Å². The summed E-state index contributed by atoms with van der Waals surface area (Å²) in [7, 11) is 0. The van der Waals surface area contributed by atoms with Gasteiger partial charge < -0.3 is 184 Å². The van der Waals surface area contributed by atoms with Crippen molar-refractivity contribution in [3.8, 4) is 69.0 Å². The number of amides is 9. The van der Waals surface area contributed by atoms with Gasteiger partial charge in [-0.15, -0.1) is 0 Å². The highest BCUT2D eigenvalue weighted by molar-refractivity contribution is 6.32. The van der Waals surface area contributed by atoms with Crippen LogP contribution in [0.1, 0.15) is 154 Å². The standard InChI is InChI=1S/C97H121Cl2N13O32/c1-44(2)11-6-4-5-7-12-70(121)107-77-83(126)80(123)68(42-114)141-96(77)144-87-65-37-52-38-66(87)139-63-22-17-49(35-59(63)99)86(143-95-76(105-45(3)116)82(125)79(122)67(41-113)140-95)78(94(135)110-73(90(131)104-28-10-27-103-26-9-25-102-24-8-23-100)50-31-55(119)40-57(34-50)137-97-85(128)84(127)81(124)69(43-115)142-97)112-91(132)72(47-14-18-53(117)19-15-47)109-93(134)75(52)111-92(133)74-51-32-54(118)39-56(33-51)136-64-36-48(16-20-61(64)120)71(101)89(130)106-60(88(129)108-74)30-46-13-21-62(138-65)58(98)29-46/h13-22,29,31-40,44,60,67-69,71-86,95-97,102-103,113-115,117-120,122-128H,4-12,23-28,30,41-43,100-101H2,1-3H3,(H,104,131)(H,105,116)(H,106,130)(H,107,121)(H,108,129)(H,109,134)(H,110,135)(H,111,133)(H,112,132). The van der Waals surface area contributed by atoms with Gasteiger partial charge in [-0.1, -0.05) is 93.1 Å². The maximum atomic E-state index is 17.0. The molecule has 29 N–H and O–H groups in total. The first kappa shape index (κ1) is 109. The lowest BCUT2D eigenvalue weighted by Gasteiger charge is -2.44. The largest absolute Gasteiger partial charge is 0.508 e. The Morgan fingerprint density at radius 1 is 0.486 bits per heavy atom. The Balaban J connectivity index is 1.03. The van der Waals surface area contributed by atoms with Gasteiger partial charge >= 0.3 is 0 Å². The van der Waals surface area contributed by atoms with E-state index in [-0.39, 0.29) is 75.0 Å². The fraction of sp³-hybridized carbons (Fsp3) is 0.474. The van der Waals surface area contributed by atoms with Crippen LogP contribution in [0.3, 0.4) is 0 Å². The number of nitrogens with one attached hydrogen (secondary N) is 11. The van der Waals surface area contributed by atoms with E-state index in [9.17, 15) is 85.9 Å². The highest BCUT2D eigenvalue weighted by Crippen LogP contribution is 2.50. The molecule has 23 unspecified atom stereocenters. The second-order valence-corrected chi connectivity index (χ2v) is 37.0. The zero-order valence-electron chi connectivity index (χ0n) is 78.4. The molecule has 3 saturated heterocycles. The first-order valence-electron chi connectivity index (χ1n) is 47.1. The highest BCUT2D eigenvalue weighted by Gasteiger charge is 2.52. The number of carbonyl (C=O) groups excluding carboxylic acids is 9. The number of hydrogen-bond donors (Lipinski definition) is 27. The summed E-state index contributed by atoms with van der Waals surface area (Å²) in [6.07, 6.45) is -23.2. The number of hydrogen-bond acceptors (Lipinski definition) is 36. The molecule has 7 aromatic rings. The number of ether oxygens (including phenoxy) is 9. The number of benzene rings is 7. The number of fused-ring (bicyclic) bond motifs is 15. The van der Waals surface area contributed by atoms with Crippen molar-refractivity contribution in [1.29, 1.82) is 0 Å². The number of nitrogens with two attached hydrogens (primary N) is 2. The van der Waals surface area contributed by atoms with Crippen molar-refractivity contribution < 1.29 is 157 Å². The number of carbonyl (C=O) groups is 9. The fourth-order valence-corrected chi connectivity index (χ4v) is 17.7. The van der Waals surface area contributed by atoms with Gasteiger partial charge in [0.05, 0.1) is 29.9 Å². The second-order valence-electron chi connectivity index (χ2n) is 36.2. The number of phenols is 4. The number of unbranched alkanes of at least 4 members (excludes halogenated alkanes) is 3. The average molecular weight is 2050 g/mol. The molecular formula is C97H121Cl2N13O32. The molecule has 8 aliphatic heterocycles. The summed E-state index contributed by atoms with van der Waals surface area (Å²) in [6, 6.07) is 4.89. The normalized spacial score (nSPS) is 26.8. The molecule has 8 aliphatic rings. The topological polar surface area (TPSA) is 704 Å². The Kier molecular flexibility index (Phi) is 37.9. The minimum Gasteiger partial charge on any atom is -0.508 e. The van der Waals surface area contributed by atoms with Crippen molar-refractivity contribution in [1.82, 2.24) is 58.5 Å². The van der Waals surface area contributed by atoms with Gasteiger partial charge in [0.25, 0.3) is 0 Å². The van der Waals surface area contributed by atoms with E-state index in [1.54, 1.807) is 0 Å². The Morgan fingerprint density at radius 3 is 1.66 bits per heavy atom. The first-order valence-corrected chi connectivity index (χ1v) is 47.8. The predicted molar refractivity (Wildman–Crippen MR) is 508 cm³/mol. The fourth-order valence-electron chi connectivity index (χ4n) is 17.2. The van der Waals surface area contributed by atoms with E-state index < -0.39 is 282 Å². The molecule has 0 aromatic heterocycles. The smallest absolute Gasteiger partial charge is 0.248 e. The molecule has 3 fully saturated rings. The van der Waals surface area contributed by atoms with E-state index in [2.05, 4.69) is 72.3 Å². The summed E-state index contributed by atoms with van der Waals surface area (Å²) in [5, 5.41) is 187. The van der Waals surface area contributed by atoms with Crippen LogP contribution in [0.5, 0.6) is 69.0 Å². The lowest BCUT2D eigenvalue weighted by molar-refractivity contribution is -0.284. The van der Waals surface area contributed by atoms with Crippen LogP contribution in [0.2, 0.25) is 10.0 Å². The molecule has 15 rings (SSSR count). The molecule has 47 heteroatoms. The zero-order chi connectivity index (χ0) is 104. The third-order valence-electron chi connectivity index (χ3n) is 24.9. The van der Waals surface area contributed by atoms with Crippen LogP contribution in [-0.4, -0.2) is 288 Å². The Morgan fingerprint density at radius 2 is 1.03 bits per heavy atom. The minimum atomic E-state index is -2.55.